The molecule has 0 spiro atoms. The first-order chi connectivity index (χ1) is 9.39. The highest BCUT2D eigenvalue weighted by atomic mass is 19.4. The number of aromatic nitrogens is 1. The largest absolute Gasteiger partial charge is 0.418 e. The van der Waals surface area contributed by atoms with Gasteiger partial charge < -0.3 is 0 Å². The van der Waals surface area contributed by atoms with Gasteiger partial charge in [-0.2, -0.15) is 13.2 Å². The lowest BCUT2D eigenvalue weighted by molar-refractivity contribution is -0.136. The highest BCUT2D eigenvalue weighted by molar-refractivity contribution is 5.85. The van der Waals surface area contributed by atoms with Crippen molar-refractivity contribution in [3.05, 3.63) is 41.1 Å². The number of halogens is 3. The number of benzene rings is 1. The van der Waals surface area contributed by atoms with Gasteiger partial charge in [-0.1, -0.05) is 27.7 Å². The molecule has 0 atom stereocenters. The molecule has 0 aliphatic rings. The molecule has 1 aromatic heterocycles. The van der Waals surface area contributed by atoms with E-state index < -0.39 is 11.7 Å². The lowest BCUT2D eigenvalue weighted by Crippen LogP contribution is -2.07. The molecule has 0 N–H and O–H groups in total. The summed E-state index contributed by atoms with van der Waals surface area (Å²) in [4.78, 5) is 3.83. The number of aryl methyl sites for hydroxylation is 2. The summed E-state index contributed by atoms with van der Waals surface area (Å²) in [5, 5.41) is 0.565. The zero-order valence-electron chi connectivity index (χ0n) is 12.9. The van der Waals surface area contributed by atoms with Crippen molar-refractivity contribution in [2.24, 2.45) is 0 Å². The second kappa shape index (κ2) is 7.88. The average molecular weight is 285 g/mol. The number of hydrogen-bond acceptors (Lipinski definition) is 1. The number of rotatable bonds is 0. The number of nitrogens with zero attached hydrogens (tertiary/aromatic N) is 1. The zero-order chi connectivity index (χ0) is 15.9. The molecular weight excluding hydrogens is 263 g/mol. The van der Waals surface area contributed by atoms with Crippen molar-refractivity contribution in [3.8, 4) is 0 Å². The predicted octanol–water partition coefficient (Wildman–Crippen LogP) is 5.92. The summed E-state index contributed by atoms with van der Waals surface area (Å²) in [6, 6.07) is 4.57. The van der Waals surface area contributed by atoms with Crippen LogP contribution in [0.2, 0.25) is 0 Å². The first-order valence-electron chi connectivity index (χ1n) is 6.83. The van der Waals surface area contributed by atoms with Gasteiger partial charge >= 0.3 is 6.18 Å². The molecule has 1 heterocycles. The van der Waals surface area contributed by atoms with Crippen molar-refractivity contribution in [3.63, 3.8) is 0 Å². The highest BCUT2D eigenvalue weighted by Crippen LogP contribution is 2.35. The van der Waals surface area contributed by atoms with Gasteiger partial charge in [0.05, 0.1) is 11.1 Å². The molecule has 0 aliphatic carbocycles. The van der Waals surface area contributed by atoms with Crippen LogP contribution in [0.5, 0.6) is 0 Å². The lowest BCUT2D eigenvalue weighted by atomic mass is 10.0. The van der Waals surface area contributed by atoms with E-state index in [0.717, 1.165) is 11.6 Å². The van der Waals surface area contributed by atoms with Gasteiger partial charge in [0, 0.05) is 11.6 Å². The maximum absolute atomic E-state index is 12.8. The second-order valence-corrected chi connectivity index (χ2v) is 3.83. The molecule has 0 saturated heterocycles. The van der Waals surface area contributed by atoms with Gasteiger partial charge in [-0.05, 0) is 43.2 Å². The number of alkyl halides is 3. The van der Waals surface area contributed by atoms with Crippen LogP contribution in [-0.4, -0.2) is 4.98 Å². The van der Waals surface area contributed by atoms with Crippen molar-refractivity contribution in [2.75, 3.05) is 0 Å². The SMILES string of the molecule is CC.CC.Cc1cc(C(F)(F)F)c2nccc(C)c2c1. The third-order valence-electron chi connectivity index (χ3n) is 2.51. The summed E-state index contributed by atoms with van der Waals surface area (Å²) in [6.45, 7) is 11.4. The molecule has 0 saturated carbocycles. The van der Waals surface area contributed by atoms with E-state index in [1.165, 1.54) is 6.20 Å². The van der Waals surface area contributed by atoms with E-state index in [2.05, 4.69) is 4.98 Å². The highest BCUT2D eigenvalue weighted by Gasteiger charge is 2.33. The van der Waals surface area contributed by atoms with E-state index in [0.29, 0.717) is 10.9 Å². The maximum atomic E-state index is 12.8. The van der Waals surface area contributed by atoms with E-state index in [9.17, 15) is 13.2 Å². The predicted molar refractivity (Wildman–Crippen MR) is 78.9 cm³/mol. The van der Waals surface area contributed by atoms with Crippen LogP contribution < -0.4 is 0 Å². The molecule has 20 heavy (non-hydrogen) atoms. The van der Waals surface area contributed by atoms with Crippen molar-refractivity contribution in [2.45, 2.75) is 47.7 Å². The molecule has 1 aromatic carbocycles. The fourth-order valence-corrected chi connectivity index (χ4v) is 1.75. The molecule has 0 unspecified atom stereocenters. The Kier molecular flexibility index (Phi) is 7.25. The minimum absolute atomic E-state index is 0.0260. The third-order valence-corrected chi connectivity index (χ3v) is 2.51. The van der Waals surface area contributed by atoms with Gasteiger partial charge in [-0.15, -0.1) is 0 Å². The first-order valence-corrected chi connectivity index (χ1v) is 6.83. The van der Waals surface area contributed by atoms with Crippen LogP contribution in [0.3, 0.4) is 0 Å². The third kappa shape index (κ3) is 4.22. The summed E-state index contributed by atoms with van der Waals surface area (Å²) in [6.07, 6.45) is -2.95. The van der Waals surface area contributed by atoms with E-state index in [4.69, 9.17) is 0 Å². The number of fused-ring (bicyclic) bond motifs is 1. The number of hydrogen-bond donors (Lipinski definition) is 0. The second-order valence-electron chi connectivity index (χ2n) is 3.83. The van der Waals surface area contributed by atoms with Gasteiger partial charge in [0.15, 0.2) is 0 Å². The molecular formula is C16H22F3N. The molecule has 0 bridgehead atoms. The topological polar surface area (TPSA) is 12.9 Å². The molecule has 1 nitrogen and oxygen atoms in total. The summed E-state index contributed by atoms with van der Waals surface area (Å²) in [5.41, 5.74) is 0.763. The minimum atomic E-state index is -4.36. The van der Waals surface area contributed by atoms with E-state index >= 15 is 0 Å². The Bertz CT molecular complexity index is 545. The fourth-order valence-electron chi connectivity index (χ4n) is 1.75. The summed E-state index contributed by atoms with van der Waals surface area (Å²) >= 11 is 0. The summed E-state index contributed by atoms with van der Waals surface area (Å²) < 4.78 is 38.4. The van der Waals surface area contributed by atoms with Crippen molar-refractivity contribution in [1.82, 2.24) is 4.98 Å². The Labute approximate surface area is 118 Å². The summed E-state index contributed by atoms with van der Waals surface area (Å²) in [5.74, 6) is 0. The molecule has 2 rings (SSSR count). The standard InChI is InChI=1S/C12H10F3N.2C2H6/c1-7-5-9-8(2)3-4-16-11(9)10(6-7)12(13,14)15;2*1-2/h3-6H,1-2H3;2*1-2H3. The first kappa shape index (κ1) is 18.4. The average Bonchev–Trinajstić information content (AvgIpc) is 2.42. The van der Waals surface area contributed by atoms with Gasteiger partial charge in [0.2, 0.25) is 0 Å². The van der Waals surface area contributed by atoms with Gasteiger partial charge in [-0.25, -0.2) is 0 Å². The van der Waals surface area contributed by atoms with Crippen LogP contribution in [0, 0.1) is 13.8 Å². The van der Waals surface area contributed by atoms with Crippen LogP contribution >= 0.6 is 0 Å². The Balaban J connectivity index is 0.000000829. The molecule has 2 aromatic rings. The van der Waals surface area contributed by atoms with Crippen LogP contribution in [0.4, 0.5) is 13.2 Å². The Morgan fingerprint density at radius 3 is 2.00 bits per heavy atom. The molecule has 112 valence electrons. The fraction of sp³-hybridized carbons (Fsp3) is 0.438. The Hall–Kier alpha value is -1.58. The Morgan fingerprint density at radius 1 is 0.950 bits per heavy atom. The van der Waals surface area contributed by atoms with Gasteiger partial charge in [0.1, 0.15) is 0 Å². The lowest BCUT2D eigenvalue weighted by Gasteiger charge is -2.11. The smallest absolute Gasteiger partial charge is 0.256 e. The van der Waals surface area contributed by atoms with Crippen molar-refractivity contribution >= 4 is 10.9 Å². The van der Waals surface area contributed by atoms with Crippen molar-refractivity contribution in [1.29, 1.82) is 0 Å². The van der Waals surface area contributed by atoms with Crippen LogP contribution in [0.1, 0.15) is 44.4 Å². The van der Waals surface area contributed by atoms with Crippen LogP contribution in [0.25, 0.3) is 10.9 Å². The van der Waals surface area contributed by atoms with E-state index in [1.54, 1.807) is 26.0 Å². The molecule has 4 heteroatoms. The summed E-state index contributed by atoms with van der Waals surface area (Å²) in [7, 11) is 0. The molecule has 0 radical (unpaired) electrons. The minimum Gasteiger partial charge on any atom is -0.256 e. The normalized spacial score (nSPS) is 10.2. The monoisotopic (exact) mass is 285 g/mol. The van der Waals surface area contributed by atoms with Gasteiger partial charge in [-0.3, -0.25) is 4.98 Å². The Morgan fingerprint density at radius 2 is 1.50 bits per heavy atom. The van der Waals surface area contributed by atoms with Gasteiger partial charge in [0.25, 0.3) is 0 Å². The molecule has 0 amide bonds. The molecule has 0 aliphatic heterocycles. The maximum Gasteiger partial charge on any atom is 0.418 e. The zero-order valence-corrected chi connectivity index (χ0v) is 12.9. The van der Waals surface area contributed by atoms with Crippen LogP contribution in [0.15, 0.2) is 24.4 Å². The quantitative estimate of drug-likeness (QED) is 0.585. The van der Waals surface area contributed by atoms with E-state index in [1.807, 2.05) is 27.7 Å². The number of pyridine rings is 1. The van der Waals surface area contributed by atoms with Crippen LogP contribution in [-0.2, 0) is 6.18 Å². The molecule has 0 fully saturated rings. The van der Waals surface area contributed by atoms with E-state index in [-0.39, 0.29) is 5.52 Å². The van der Waals surface area contributed by atoms with Crippen molar-refractivity contribution < 1.29 is 13.2 Å².